The third-order valence-corrected chi connectivity index (χ3v) is 3.18. The second-order valence-electron chi connectivity index (χ2n) is 3.85. The van der Waals surface area contributed by atoms with Crippen LogP contribution in [0.3, 0.4) is 0 Å². The molecule has 0 aromatic rings. The van der Waals surface area contributed by atoms with Gasteiger partial charge in [-0.1, -0.05) is 0 Å². The van der Waals surface area contributed by atoms with Crippen molar-refractivity contribution in [1.82, 2.24) is 0 Å². The highest BCUT2D eigenvalue weighted by Crippen LogP contribution is 2.34. The molecule has 2 fully saturated rings. The fraction of sp³-hybridized carbons (Fsp3) is 1.00. The van der Waals surface area contributed by atoms with E-state index >= 15 is 0 Å². The van der Waals surface area contributed by atoms with Crippen LogP contribution >= 0.6 is 0 Å². The summed E-state index contributed by atoms with van der Waals surface area (Å²) >= 11 is 0. The molecule has 0 spiro atoms. The van der Waals surface area contributed by atoms with Gasteiger partial charge in [0.25, 0.3) is 10.1 Å². The largest absolute Gasteiger partial charge is 0.375 e. The fourth-order valence-corrected chi connectivity index (χ4v) is 2.79. The van der Waals surface area contributed by atoms with Crippen molar-refractivity contribution in [3.05, 3.63) is 0 Å². The average Bonchev–Trinajstić information content (AvgIpc) is 2.27. The van der Waals surface area contributed by atoms with E-state index in [0.29, 0.717) is 0 Å². The van der Waals surface area contributed by atoms with E-state index in [9.17, 15) is 8.42 Å². The van der Waals surface area contributed by atoms with Crippen molar-refractivity contribution < 1.29 is 17.3 Å². The summed E-state index contributed by atoms with van der Waals surface area (Å²) in [6.45, 7) is 0. The molecule has 0 aromatic carbocycles. The summed E-state index contributed by atoms with van der Waals surface area (Å²) < 4.78 is 32.3. The van der Waals surface area contributed by atoms with Crippen LogP contribution in [0.1, 0.15) is 25.7 Å². The van der Waals surface area contributed by atoms with Crippen molar-refractivity contribution in [3.63, 3.8) is 0 Å². The maximum absolute atomic E-state index is 10.9. The van der Waals surface area contributed by atoms with Crippen LogP contribution in [0.2, 0.25) is 0 Å². The first kappa shape index (κ1) is 9.43. The molecule has 3 atom stereocenters. The van der Waals surface area contributed by atoms with E-state index in [-0.39, 0.29) is 18.3 Å². The molecule has 0 radical (unpaired) electrons. The molecule has 13 heavy (non-hydrogen) atoms. The molecule has 2 heterocycles. The monoisotopic (exact) mass is 206 g/mol. The van der Waals surface area contributed by atoms with Gasteiger partial charge in [-0.25, -0.2) is 0 Å². The molecule has 2 aliphatic rings. The van der Waals surface area contributed by atoms with Crippen molar-refractivity contribution in [3.8, 4) is 0 Å². The summed E-state index contributed by atoms with van der Waals surface area (Å²) in [5.74, 6) is 0. The lowest BCUT2D eigenvalue weighted by atomic mass is 10.1. The van der Waals surface area contributed by atoms with Crippen molar-refractivity contribution in [2.75, 3.05) is 6.26 Å². The summed E-state index contributed by atoms with van der Waals surface area (Å²) in [7, 11) is -3.30. The molecule has 4 nitrogen and oxygen atoms in total. The van der Waals surface area contributed by atoms with E-state index in [2.05, 4.69) is 0 Å². The molecule has 2 rings (SSSR count). The number of hydrogen-bond acceptors (Lipinski definition) is 4. The fourth-order valence-electron chi connectivity index (χ4n) is 2.14. The van der Waals surface area contributed by atoms with Crippen LogP contribution in [0.25, 0.3) is 0 Å². The molecule has 0 saturated carbocycles. The second kappa shape index (κ2) is 3.22. The van der Waals surface area contributed by atoms with E-state index in [1.54, 1.807) is 0 Å². The van der Waals surface area contributed by atoms with Gasteiger partial charge in [0, 0.05) is 12.8 Å². The normalized spacial score (nSPS) is 39.3. The molecule has 76 valence electrons. The van der Waals surface area contributed by atoms with Crippen LogP contribution in [0.15, 0.2) is 0 Å². The van der Waals surface area contributed by atoms with Gasteiger partial charge in [-0.15, -0.1) is 0 Å². The highest BCUT2D eigenvalue weighted by Gasteiger charge is 2.36. The Labute approximate surface area is 78.3 Å². The van der Waals surface area contributed by atoms with Gasteiger partial charge in [0.1, 0.15) is 0 Å². The van der Waals surface area contributed by atoms with Crippen LogP contribution in [0.5, 0.6) is 0 Å². The zero-order chi connectivity index (χ0) is 9.47. The average molecular weight is 206 g/mol. The number of rotatable bonds is 2. The minimum atomic E-state index is -3.30. The lowest BCUT2D eigenvalue weighted by molar-refractivity contribution is -0.0418. The SMILES string of the molecule is CS(=O)(=O)OC1C[C@H]2CC[C@@H](C1)O2. The van der Waals surface area contributed by atoms with Crippen LogP contribution < -0.4 is 0 Å². The predicted molar refractivity (Wildman–Crippen MR) is 46.8 cm³/mol. The maximum atomic E-state index is 10.9. The Hall–Kier alpha value is -0.130. The lowest BCUT2D eigenvalue weighted by Gasteiger charge is -2.27. The number of fused-ring (bicyclic) bond motifs is 2. The minimum Gasteiger partial charge on any atom is -0.375 e. The highest BCUT2D eigenvalue weighted by molar-refractivity contribution is 7.86. The Morgan fingerprint density at radius 3 is 2.23 bits per heavy atom. The van der Waals surface area contributed by atoms with Gasteiger partial charge in [0.05, 0.1) is 24.6 Å². The van der Waals surface area contributed by atoms with E-state index in [1.807, 2.05) is 0 Å². The molecular weight excluding hydrogens is 192 g/mol. The van der Waals surface area contributed by atoms with Gasteiger partial charge in [0.2, 0.25) is 0 Å². The first-order chi connectivity index (χ1) is 6.03. The first-order valence-electron chi connectivity index (χ1n) is 4.56. The standard InChI is InChI=1S/C8H14O4S/c1-13(9,10)12-8-4-6-2-3-7(5-8)11-6/h6-8H,2-5H2,1H3/t6-,7+,8?. The van der Waals surface area contributed by atoms with Gasteiger partial charge in [-0.2, -0.15) is 8.42 Å². The third-order valence-electron chi connectivity index (χ3n) is 2.56. The van der Waals surface area contributed by atoms with Crippen LogP contribution in [-0.2, 0) is 19.0 Å². The number of hydrogen-bond donors (Lipinski definition) is 0. The van der Waals surface area contributed by atoms with Gasteiger partial charge in [0.15, 0.2) is 0 Å². The first-order valence-corrected chi connectivity index (χ1v) is 6.38. The predicted octanol–water partition coefficient (Wildman–Crippen LogP) is 0.673. The Kier molecular flexibility index (Phi) is 2.33. The van der Waals surface area contributed by atoms with E-state index < -0.39 is 10.1 Å². The minimum absolute atomic E-state index is 0.152. The van der Waals surface area contributed by atoms with Crippen molar-refractivity contribution in [2.45, 2.75) is 44.0 Å². The molecule has 1 unspecified atom stereocenters. The van der Waals surface area contributed by atoms with E-state index in [0.717, 1.165) is 31.9 Å². The third kappa shape index (κ3) is 2.42. The second-order valence-corrected chi connectivity index (χ2v) is 5.45. The molecule has 0 amide bonds. The van der Waals surface area contributed by atoms with E-state index in [4.69, 9.17) is 8.92 Å². The summed E-state index contributed by atoms with van der Waals surface area (Å²) in [6, 6.07) is 0. The molecule has 5 heteroatoms. The van der Waals surface area contributed by atoms with Crippen LogP contribution in [0.4, 0.5) is 0 Å². The quantitative estimate of drug-likeness (QED) is 0.623. The molecule has 0 aromatic heterocycles. The van der Waals surface area contributed by atoms with Crippen molar-refractivity contribution >= 4 is 10.1 Å². The van der Waals surface area contributed by atoms with E-state index in [1.165, 1.54) is 0 Å². The topological polar surface area (TPSA) is 52.6 Å². The Morgan fingerprint density at radius 1 is 1.23 bits per heavy atom. The molecule has 2 bridgehead atoms. The molecule has 2 aliphatic heterocycles. The zero-order valence-electron chi connectivity index (χ0n) is 7.60. The highest BCUT2D eigenvalue weighted by atomic mass is 32.2. The van der Waals surface area contributed by atoms with Crippen molar-refractivity contribution in [1.29, 1.82) is 0 Å². The zero-order valence-corrected chi connectivity index (χ0v) is 8.42. The molecule has 0 N–H and O–H groups in total. The Morgan fingerprint density at radius 2 is 1.77 bits per heavy atom. The van der Waals surface area contributed by atoms with Crippen molar-refractivity contribution in [2.24, 2.45) is 0 Å². The lowest BCUT2D eigenvalue weighted by Crippen LogP contribution is -2.31. The van der Waals surface area contributed by atoms with Gasteiger partial charge in [-0.3, -0.25) is 4.18 Å². The van der Waals surface area contributed by atoms with Gasteiger partial charge >= 0.3 is 0 Å². The van der Waals surface area contributed by atoms with Gasteiger partial charge < -0.3 is 4.74 Å². The van der Waals surface area contributed by atoms with Crippen LogP contribution in [0, 0.1) is 0 Å². The summed E-state index contributed by atoms with van der Waals surface area (Å²) in [6.07, 6.45) is 4.96. The summed E-state index contributed by atoms with van der Waals surface area (Å²) in [5.41, 5.74) is 0. The summed E-state index contributed by atoms with van der Waals surface area (Å²) in [4.78, 5) is 0. The smallest absolute Gasteiger partial charge is 0.264 e. The molecular formula is C8H14O4S. The van der Waals surface area contributed by atoms with Gasteiger partial charge in [-0.05, 0) is 12.8 Å². The summed E-state index contributed by atoms with van der Waals surface area (Å²) in [5, 5.41) is 0. The van der Waals surface area contributed by atoms with Crippen LogP contribution in [-0.4, -0.2) is 33.0 Å². The molecule has 0 aliphatic carbocycles. The molecule has 2 saturated heterocycles. The Balaban J connectivity index is 1.96. The maximum Gasteiger partial charge on any atom is 0.264 e. The number of ether oxygens (including phenoxy) is 1. The Bertz CT molecular complexity index is 273.